The van der Waals surface area contributed by atoms with Gasteiger partial charge >= 0.3 is 0 Å². The first-order valence-corrected chi connectivity index (χ1v) is 3.95. The number of rotatable bonds is 2. The Bertz CT molecular complexity index is 424. The minimum absolute atomic E-state index is 0.473. The van der Waals surface area contributed by atoms with Crippen LogP contribution in [0.3, 0.4) is 0 Å². The van der Waals surface area contributed by atoms with Crippen LogP contribution in [0.4, 0.5) is 4.39 Å². The fourth-order valence-electron chi connectivity index (χ4n) is 1.28. The molecule has 0 aliphatic carbocycles. The van der Waals surface area contributed by atoms with E-state index in [1.54, 1.807) is 22.7 Å². The van der Waals surface area contributed by atoms with E-state index in [0.29, 0.717) is 5.88 Å². The van der Waals surface area contributed by atoms with E-state index in [1.165, 1.54) is 0 Å². The van der Waals surface area contributed by atoms with Crippen LogP contribution >= 0.6 is 0 Å². The smallest absolute Gasteiger partial charge is 0.230 e. The molecule has 0 fully saturated rings. The molecule has 0 aliphatic rings. The molecule has 68 valence electrons. The summed E-state index contributed by atoms with van der Waals surface area (Å²) in [5.41, 5.74) is 1.65. The first-order chi connectivity index (χ1) is 6.31. The first-order valence-electron chi connectivity index (χ1n) is 3.95. The maximum Gasteiger partial charge on any atom is 0.230 e. The standard InChI is InChI=1S/C9H9FN2O/c1-7-5-12-8(11-7)3-2-4-9(12)13-6-10/h2-5H,6H2,1H3. The lowest BCUT2D eigenvalue weighted by Crippen LogP contribution is -1.96. The maximum absolute atomic E-state index is 12.0. The van der Waals surface area contributed by atoms with E-state index in [2.05, 4.69) is 4.98 Å². The number of nitrogens with zero attached hydrogens (tertiary/aromatic N) is 2. The van der Waals surface area contributed by atoms with Gasteiger partial charge in [-0.05, 0) is 19.1 Å². The molecule has 0 bridgehead atoms. The highest BCUT2D eigenvalue weighted by atomic mass is 19.1. The van der Waals surface area contributed by atoms with E-state index in [4.69, 9.17) is 4.74 Å². The van der Waals surface area contributed by atoms with Gasteiger partial charge in [-0.25, -0.2) is 9.37 Å². The molecule has 0 N–H and O–H groups in total. The van der Waals surface area contributed by atoms with Crippen LogP contribution in [0.25, 0.3) is 5.65 Å². The van der Waals surface area contributed by atoms with Crippen LogP contribution < -0.4 is 4.74 Å². The number of ether oxygens (including phenoxy) is 1. The molecule has 0 saturated heterocycles. The topological polar surface area (TPSA) is 26.5 Å². The third-order valence-electron chi connectivity index (χ3n) is 1.78. The molecule has 0 amide bonds. The van der Waals surface area contributed by atoms with Crippen molar-refractivity contribution in [2.24, 2.45) is 0 Å². The summed E-state index contributed by atoms with van der Waals surface area (Å²) in [5.74, 6) is 0.473. The predicted octanol–water partition coefficient (Wildman–Crippen LogP) is 1.95. The molecule has 2 aromatic heterocycles. The average Bonchev–Trinajstić information content (AvgIpc) is 2.47. The van der Waals surface area contributed by atoms with E-state index in [9.17, 15) is 4.39 Å². The van der Waals surface area contributed by atoms with Crippen LogP contribution in [0.15, 0.2) is 24.4 Å². The predicted molar refractivity (Wildman–Crippen MR) is 46.5 cm³/mol. The molecular formula is C9H9FN2O. The first kappa shape index (κ1) is 8.04. The van der Waals surface area contributed by atoms with Gasteiger partial charge in [0.05, 0.1) is 5.69 Å². The lowest BCUT2D eigenvalue weighted by atomic mass is 10.4. The molecule has 0 radical (unpaired) electrons. The molecule has 13 heavy (non-hydrogen) atoms. The Morgan fingerprint density at radius 1 is 1.54 bits per heavy atom. The van der Waals surface area contributed by atoms with Gasteiger partial charge < -0.3 is 4.74 Å². The zero-order chi connectivity index (χ0) is 9.26. The molecule has 0 unspecified atom stereocenters. The van der Waals surface area contributed by atoms with E-state index in [1.807, 2.05) is 13.0 Å². The summed E-state index contributed by atoms with van der Waals surface area (Å²) < 4.78 is 18.5. The van der Waals surface area contributed by atoms with E-state index in [0.717, 1.165) is 11.3 Å². The van der Waals surface area contributed by atoms with Gasteiger partial charge in [-0.3, -0.25) is 4.40 Å². The third-order valence-corrected chi connectivity index (χ3v) is 1.78. The second-order valence-electron chi connectivity index (χ2n) is 2.73. The van der Waals surface area contributed by atoms with Crippen LogP contribution in [0.5, 0.6) is 5.88 Å². The van der Waals surface area contributed by atoms with E-state index >= 15 is 0 Å². The van der Waals surface area contributed by atoms with E-state index in [-0.39, 0.29) is 0 Å². The van der Waals surface area contributed by atoms with E-state index < -0.39 is 6.86 Å². The van der Waals surface area contributed by atoms with Crippen LogP contribution in [0, 0.1) is 6.92 Å². The Labute approximate surface area is 74.8 Å². The monoisotopic (exact) mass is 180 g/mol. The second kappa shape index (κ2) is 3.05. The highest BCUT2D eigenvalue weighted by Gasteiger charge is 2.02. The molecule has 2 heterocycles. The Balaban J connectivity index is 2.60. The quantitative estimate of drug-likeness (QED) is 0.706. The summed E-state index contributed by atoms with van der Waals surface area (Å²) in [7, 11) is 0. The maximum atomic E-state index is 12.0. The minimum atomic E-state index is -0.823. The van der Waals surface area contributed by atoms with Crippen LogP contribution in [0.2, 0.25) is 0 Å². The van der Waals surface area contributed by atoms with Crippen molar-refractivity contribution in [1.29, 1.82) is 0 Å². The van der Waals surface area contributed by atoms with Gasteiger partial charge in [0.2, 0.25) is 12.7 Å². The molecular weight excluding hydrogens is 171 g/mol. The van der Waals surface area contributed by atoms with Crippen molar-refractivity contribution in [2.45, 2.75) is 6.92 Å². The lowest BCUT2D eigenvalue weighted by molar-refractivity contribution is 0.182. The highest BCUT2D eigenvalue weighted by Crippen LogP contribution is 2.14. The summed E-state index contributed by atoms with van der Waals surface area (Å²) in [6.07, 6.45) is 1.81. The van der Waals surface area contributed by atoms with Crippen molar-refractivity contribution in [2.75, 3.05) is 6.86 Å². The number of fused-ring (bicyclic) bond motifs is 1. The molecule has 2 rings (SSSR count). The molecule has 0 saturated carbocycles. The number of alkyl halides is 1. The highest BCUT2D eigenvalue weighted by molar-refractivity contribution is 5.43. The van der Waals surface area contributed by atoms with Crippen LogP contribution in [0.1, 0.15) is 5.69 Å². The molecule has 2 aromatic rings. The number of halogens is 1. The summed E-state index contributed by atoms with van der Waals surface area (Å²) in [4.78, 5) is 4.22. The fraction of sp³-hybridized carbons (Fsp3) is 0.222. The Kier molecular flexibility index (Phi) is 1.88. The van der Waals surface area contributed by atoms with Crippen molar-refractivity contribution in [3.8, 4) is 5.88 Å². The largest absolute Gasteiger partial charge is 0.447 e. The molecule has 3 nitrogen and oxygen atoms in total. The number of pyridine rings is 1. The van der Waals surface area contributed by atoms with Crippen molar-refractivity contribution in [3.05, 3.63) is 30.1 Å². The number of hydrogen-bond acceptors (Lipinski definition) is 2. The van der Waals surface area contributed by atoms with Crippen molar-refractivity contribution in [1.82, 2.24) is 9.38 Å². The number of aromatic nitrogens is 2. The third kappa shape index (κ3) is 1.35. The van der Waals surface area contributed by atoms with Gasteiger partial charge in [0.25, 0.3) is 0 Å². The molecule has 0 atom stereocenters. The Morgan fingerprint density at radius 3 is 3.15 bits per heavy atom. The van der Waals surface area contributed by atoms with Crippen molar-refractivity contribution >= 4 is 5.65 Å². The number of hydrogen-bond donors (Lipinski definition) is 0. The number of imidazole rings is 1. The summed E-state index contributed by atoms with van der Waals surface area (Å²) >= 11 is 0. The summed E-state index contributed by atoms with van der Waals surface area (Å²) in [6, 6.07) is 5.33. The Hall–Kier alpha value is -1.58. The molecule has 4 heteroatoms. The average molecular weight is 180 g/mol. The lowest BCUT2D eigenvalue weighted by Gasteiger charge is -2.02. The van der Waals surface area contributed by atoms with Gasteiger partial charge in [-0.1, -0.05) is 6.07 Å². The normalized spacial score (nSPS) is 10.6. The number of aryl methyl sites for hydroxylation is 1. The zero-order valence-corrected chi connectivity index (χ0v) is 7.20. The minimum Gasteiger partial charge on any atom is -0.447 e. The molecule has 0 aliphatic heterocycles. The van der Waals surface area contributed by atoms with Crippen LogP contribution in [-0.2, 0) is 0 Å². The fourth-order valence-corrected chi connectivity index (χ4v) is 1.28. The van der Waals surface area contributed by atoms with Gasteiger partial charge in [0, 0.05) is 6.20 Å². The van der Waals surface area contributed by atoms with Gasteiger partial charge in [0.1, 0.15) is 5.65 Å². The summed E-state index contributed by atoms with van der Waals surface area (Å²) in [5, 5.41) is 0. The molecule has 0 spiro atoms. The van der Waals surface area contributed by atoms with Crippen molar-refractivity contribution in [3.63, 3.8) is 0 Å². The molecule has 0 aromatic carbocycles. The Morgan fingerprint density at radius 2 is 2.38 bits per heavy atom. The van der Waals surface area contributed by atoms with Gasteiger partial charge in [-0.2, -0.15) is 0 Å². The van der Waals surface area contributed by atoms with Crippen LogP contribution in [-0.4, -0.2) is 16.2 Å². The second-order valence-corrected chi connectivity index (χ2v) is 2.73. The van der Waals surface area contributed by atoms with Gasteiger partial charge in [0.15, 0.2) is 0 Å². The zero-order valence-electron chi connectivity index (χ0n) is 7.20. The van der Waals surface area contributed by atoms with Crippen molar-refractivity contribution < 1.29 is 9.13 Å². The SMILES string of the molecule is Cc1cn2c(OCF)cccc2n1. The summed E-state index contributed by atoms with van der Waals surface area (Å²) in [6.45, 7) is 1.06. The van der Waals surface area contributed by atoms with Gasteiger partial charge in [-0.15, -0.1) is 0 Å².